The Morgan fingerprint density at radius 3 is 2.38 bits per heavy atom. The quantitative estimate of drug-likeness (QED) is 0.568. The van der Waals surface area contributed by atoms with E-state index in [9.17, 15) is 19.8 Å². The lowest BCUT2D eigenvalue weighted by Gasteiger charge is -2.27. The van der Waals surface area contributed by atoms with Crippen LogP contribution in [0, 0.1) is 13.8 Å². The number of aliphatic hydroxyl groups is 1. The smallest absolute Gasteiger partial charge is 0.320 e. The van der Waals surface area contributed by atoms with Crippen molar-refractivity contribution in [2.24, 2.45) is 0 Å². The van der Waals surface area contributed by atoms with Crippen LogP contribution in [0.2, 0.25) is 0 Å². The fraction of sp³-hybridized carbons (Fsp3) is 0.391. The van der Waals surface area contributed by atoms with E-state index < -0.39 is 23.5 Å². The Bertz CT molecular complexity index is 950. The van der Waals surface area contributed by atoms with Crippen LogP contribution in [0.5, 0.6) is 11.5 Å². The van der Waals surface area contributed by atoms with Crippen LogP contribution < -0.4 is 4.74 Å². The van der Waals surface area contributed by atoms with Crippen LogP contribution in [-0.4, -0.2) is 34.4 Å². The summed E-state index contributed by atoms with van der Waals surface area (Å²) in [6.07, 6.45) is 0.718. The second-order valence-electron chi connectivity index (χ2n) is 7.29. The van der Waals surface area contributed by atoms with E-state index in [0.29, 0.717) is 23.1 Å². The van der Waals surface area contributed by atoms with Crippen LogP contribution in [0.4, 0.5) is 0 Å². The molecule has 2 aromatic carbocycles. The standard InChI is InChI=1S/C23H26O6/c1-5-12-23(27)18(22(26)28-6-2)16-17(20(25)15-10-8-7-9-11-15)19(24)13(3)14(4)21(16)29-23/h7-11,18,24,27H,5-6,12H2,1-4H3. The Kier molecular flexibility index (Phi) is 5.66. The first kappa shape index (κ1) is 20.9. The van der Waals surface area contributed by atoms with Gasteiger partial charge in [-0.05, 0) is 38.3 Å². The van der Waals surface area contributed by atoms with E-state index in [1.54, 1.807) is 51.1 Å². The van der Waals surface area contributed by atoms with Crippen LogP contribution in [-0.2, 0) is 9.53 Å². The normalized spacial score (nSPS) is 20.1. The Morgan fingerprint density at radius 2 is 1.79 bits per heavy atom. The molecular formula is C23H26O6. The summed E-state index contributed by atoms with van der Waals surface area (Å²) in [6, 6.07) is 8.50. The number of esters is 1. The third-order valence-electron chi connectivity index (χ3n) is 5.42. The summed E-state index contributed by atoms with van der Waals surface area (Å²) in [5.41, 5.74) is 1.56. The maximum absolute atomic E-state index is 13.3. The Labute approximate surface area is 170 Å². The molecule has 0 aromatic heterocycles. The third kappa shape index (κ3) is 3.38. The van der Waals surface area contributed by atoms with E-state index in [1.165, 1.54) is 0 Å². The fourth-order valence-electron chi connectivity index (χ4n) is 3.89. The van der Waals surface area contributed by atoms with Crippen molar-refractivity contribution in [3.8, 4) is 11.5 Å². The molecule has 3 rings (SSSR count). The topological polar surface area (TPSA) is 93.1 Å². The van der Waals surface area contributed by atoms with Crippen molar-refractivity contribution in [1.29, 1.82) is 0 Å². The summed E-state index contributed by atoms with van der Waals surface area (Å²) in [5.74, 6) is -4.17. The maximum atomic E-state index is 13.3. The molecule has 6 nitrogen and oxygen atoms in total. The predicted octanol–water partition coefficient (Wildman–Crippen LogP) is 3.77. The van der Waals surface area contributed by atoms with Crippen molar-refractivity contribution in [2.45, 2.75) is 52.2 Å². The minimum Gasteiger partial charge on any atom is -0.507 e. The minimum atomic E-state index is -1.85. The molecule has 1 aliphatic heterocycles. The zero-order valence-corrected chi connectivity index (χ0v) is 17.1. The first-order chi connectivity index (χ1) is 13.8. The van der Waals surface area contributed by atoms with Crippen molar-refractivity contribution >= 4 is 11.8 Å². The molecular weight excluding hydrogens is 372 g/mol. The van der Waals surface area contributed by atoms with Crippen molar-refractivity contribution in [3.63, 3.8) is 0 Å². The summed E-state index contributed by atoms with van der Waals surface area (Å²) in [7, 11) is 0. The molecule has 0 bridgehead atoms. The van der Waals surface area contributed by atoms with Gasteiger partial charge in [0.1, 0.15) is 11.5 Å². The van der Waals surface area contributed by atoms with Crippen LogP contribution >= 0.6 is 0 Å². The maximum Gasteiger partial charge on any atom is 0.320 e. The number of ketones is 1. The number of aromatic hydroxyl groups is 1. The predicted molar refractivity (Wildman–Crippen MR) is 107 cm³/mol. The summed E-state index contributed by atoms with van der Waals surface area (Å²) in [4.78, 5) is 26.2. The van der Waals surface area contributed by atoms with Gasteiger partial charge in [-0.3, -0.25) is 9.59 Å². The number of fused-ring (bicyclic) bond motifs is 1. The van der Waals surface area contributed by atoms with Gasteiger partial charge in [0.2, 0.25) is 5.79 Å². The molecule has 0 amide bonds. The van der Waals surface area contributed by atoms with Gasteiger partial charge < -0.3 is 19.7 Å². The van der Waals surface area contributed by atoms with Crippen LogP contribution in [0.15, 0.2) is 30.3 Å². The monoisotopic (exact) mass is 398 g/mol. The molecule has 0 radical (unpaired) electrons. The van der Waals surface area contributed by atoms with Crippen LogP contribution in [0.3, 0.4) is 0 Å². The second kappa shape index (κ2) is 7.87. The average Bonchev–Trinajstić information content (AvgIpc) is 3.00. The number of hydrogen-bond acceptors (Lipinski definition) is 6. The van der Waals surface area contributed by atoms with Crippen molar-refractivity contribution in [2.75, 3.05) is 6.61 Å². The highest BCUT2D eigenvalue weighted by molar-refractivity contribution is 6.13. The van der Waals surface area contributed by atoms with Crippen LogP contribution in [0.25, 0.3) is 0 Å². The second-order valence-corrected chi connectivity index (χ2v) is 7.29. The van der Waals surface area contributed by atoms with E-state index in [-0.39, 0.29) is 35.7 Å². The van der Waals surface area contributed by atoms with Crippen molar-refractivity contribution < 1.29 is 29.3 Å². The van der Waals surface area contributed by atoms with Gasteiger partial charge in [-0.1, -0.05) is 37.3 Å². The van der Waals surface area contributed by atoms with E-state index in [4.69, 9.17) is 9.47 Å². The highest BCUT2D eigenvalue weighted by Gasteiger charge is 2.54. The lowest BCUT2D eigenvalue weighted by atomic mass is 9.82. The summed E-state index contributed by atoms with van der Waals surface area (Å²) < 4.78 is 11.1. The van der Waals surface area contributed by atoms with Crippen LogP contribution in [0.1, 0.15) is 65.2 Å². The lowest BCUT2D eigenvalue weighted by Crippen LogP contribution is -2.42. The Morgan fingerprint density at radius 1 is 1.14 bits per heavy atom. The molecule has 2 atom stereocenters. The fourth-order valence-corrected chi connectivity index (χ4v) is 3.89. The molecule has 0 spiro atoms. The number of carbonyl (C=O) groups is 2. The van der Waals surface area contributed by atoms with Gasteiger partial charge >= 0.3 is 5.97 Å². The van der Waals surface area contributed by atoms with Gasteiger partial charge in [0.15, 0.2) is 11.7 Å². The number of carbonyl (C=O) groups excluding carboxylic acids is 2. The number of rotatable bonds is 6. The Hall–Kier alpha value is -2.86. The molecule has 1 aliphatic rings. The van der Waals surface area contributed by atoms with E-state index in [1.807, 2.05) is 6.92 Å². The molecule has 0 saturated heterocycles. The summed E-state index contributed by atoms with van der Waals surface area (Å²) in [6.45, 7) is 7.04. The zero-order valence-electron chi connectivity index (χ0n) is 17.1. The molecule has 2 N–H and O–H groups in total. The van der Waals surface area contributed by atoms with Gasteiger partial charge in [-0.15, -0.1) is 0 Å². The molecule has 2 unspecified atom stereocenters. The first-order valence-electron chi connectivity index (χ1n) is 9.80. The van der Waals surface area contributed by atoms with E-state index in [0.717, 1.165) is 0 Å². The molecule has 1 heterocycles. The first-order valence-corrected chi connectivity index (χ1v) is 9.80. The lowest BCUT2D eigenvalue weighted by molar-refractivity contribution is -0.176. The van der Waals surface area contributed by atoms with Crippen molar-refractivity contribution in [3.05, 3.63) is 58.1 Å². The molecule has 154 valence electrons. The average molecular weight is 398 g/mol. The van der Waals surface area contributed by atoms with Gasteiger partial charge in [-0.2, -0.15) is 0 Å². The molecule has 0 aliphatic carbocycles. The molecule has 0 fully saturated rings. The number of phenols is 1. The largest absolute Gasteiger partial charge is 0.507 e. The molecule has 2 aromatic rings. The molecule has 29 heavy (non-hydrogen) atoms. The summed E-state index contributed by atoms with van der Waals surface area (Å²) in [5, 5.41) is 22.1. The van der Waals surface area contributed by atoms with E-state index >= 15 is 0 Å². The number of benzene rings is 2. The van der Waals surface area contributed by atoms with Gasteiger partial charge in [0, 0.05) is 17.5 Å². The Balaban J connectivity index is 2.31. The number of ether oxygens (including phenoxy) is 2. The highest BCUT2D eigenvalue weighted by atomic mass is 16.6. The van der Waals surface area contributed by atoms with Gasteiger partial charge in [0.25, 0.3) is 0 Å². The molecule has 0 saturated carbocycles. The minimum absolute atomic E-state index is 0.0284. The number of phenolic OH excluding ortho intramolecular Hbond substituents is 1. The third-order valence-corrected chi connectivity index (χ3v) is 5.42. The number of hydrogen-bond donors (Lipinski definition) is 2. The van der Waals surface area contributed by atoms with Crippen molar-refractivity contribution in [1.82, 2.24) is 0 Å². The SMILES string of the molecule is CCCC1(O)Oc2c(C)c(C)c(O)c(C(=O)c3ccccc3)c2C1C(=O)OCC. The van der Waals surface area contributed by atoms with Gasteiger partial charge in [-0.25, -0.2) is 0 Å². The van der Waals surface area contributed by atoms with E-state index in [2.05, 4.69) is 0 Å². The zero-order chi connectivity index (χ0) is 21.3. The molecule has 6 heteroatoms. The highest BCUT2D eigenvalue weighted by Crippen LogP contribution is 2.53. The van der Waals surface area contributed by atoms with Gasteiger partial charge in [0.05, 0.1) is 12.2 Å². The summed E-state index contributed by atoms with van der Waals surface area (Å²) >= 11 is 0.